The largest absolute Gasteiger partial charge is 0.240 e. The maximum absolute atomic E-state index is 13.2. The zero-order valence-electron chi connectivity index (χ0n) is 12.6. The molecule has 0 radical (unpaired) electrons. The van der Waals surface area contributed by atoms with Gasteiger partial charge >= 0.3 is 0 Å². The molecule has 2 aliphatic heterocycles. The minimum absolute atomic E-state index is 0.115. The Balaban J connectivity index is 1.76. The maximum Gasteiger partial charge on any atom is 0.240 e. The quantitative estimate of drug-likeness (QED) is 0.868. The molecule has 6 nitrogen and oxygen atoms in total. The van der Waals surface area contributed by atoms with Crippen LogP contribution in [0.3, 0.4) is 0 Å². The molecule has 3 rings (SSSR count). The smallest absolute Gasteiger partial charge is 0.212 e. The Bertz CT molecular complexity index is 796. The van der Waals surface area contributed by atoms with Gasteiger partial charge in [0.15, 0.2) is 0 Å². The fourth-order valence-electron chi connectivity index (χ4n) is 3.69. The van der Waals surface area contributed by atoms with Crippen molar-refractivity contribution in [3.8, 4) is 0 Å². The van der Waals surface area contributed by atoms with Gasteiger partial charge in [-0.15, -0.1) is 0 Å². The lowest BCUT2D eigenvalue weighted by molar-refractivity contribution is 0.221. The van der Waals surface area contributed by atoms with Gasteiger partial charge in [0.2, 0.25) is 20.0 Å². The van der Waals surface area contributed by atoms with Crippen molar-refractivity contribution in [3.05, 3.63) is 30.1 Å². The first kappa shape index (κ1) is 16.8. The van der Waals surface area contributed by atoms with Gasteiger partial charge in [0.25, 0.3) is 0 Å². The van der Waals surface area contributed by atoms with Crippen molar-refractivity contribution < 1.29 is 21.2 Å². The number of nitrogens with one attached hydrogen (secondary N) is 1. The Morgan fingerprint density at radius 3 is 2.26 bits per heavy atom. The summed E-state index contributed by atoms with van der Waals surface area (Å²) in [5.41, 5.74) is 0. The van der Waals surface area contributed by atoms with Gasteiger partial charge in [-0.05, 0) is 43.9 Å². The van der Waals surface area contributed by atoms with Crippen molar-refractivity contribution in [1.29, 1.82) is 0 Å². The summed E-state index contributed by atoms with van der Waals surface area (Å²) in [7, 11) is -7.09. The number of sulfonamides is 2. The summed E-state index contributed by atoms with van der Waals surface area (Å²) in [5, 5.41) is 0. The molecule has 2 bridgehead atoms. The van der Waals surface area contributed by atoms with E-state index in [-0.39, 0.29) is 23.0 Å². The number of nitrogens with zero attached hydrogens (tertiary/aromatic N) is 1. The number of fused-ring (bicyclic) bond motifs is 2. The van der Waals surface area contributed by atoms with Crippen molar-refractivity contribution >= 4 is 20.0 Å². The Morgan fingerprint density at radius 2 is 1.74 bits per heavy atom. The molecule has 2 fully saturated rings. The third-order valence-electron chi connectivity index (χ3n) is 4.48. The Labute approximate surface area is 135 Å². The van der Waals surface area contributed by atoms with Crippen LogP contribution in [0.2, 0.25) is 0 Å². The molecule has 23 heavy (non-hydrogen) atoms. The van der Waals surface area contributed by atoms with Crippen LogP contribution in [-0.4, -0.2) is 45.5 Å². The standard InChI is InChI=1S/C14H19FN2O4S2/c1-22(18,19)17-12-5-6-13(17)9-11(8-12)16-23(20,21)14-4-2-3-10(15)7-14/h2-4,7,11-13,16H,5-6,8-9H2,1H3. The van der Waals surface area contributed by atoms with E-state index in [0.29, 0.717) is 12.8 Å². The normalized spacial score (nSPS) is 28.9. The number of halogens is 1. The van der Waals surface area contributed by atoms with Gasteiger partial charge in [-0.25, -0.2) is 25.9 Å². The van der Waals surface area contributed by atoms with Gasteiger partial charge in [0.1, 0.15) is 5.82 Å². The first-order chi connectivity index (χ1) is 10.7. The van der Waals surface area contributed by atoms with E-state index >= 15 is 0 Å². The molecule has 0 spiro atoms. The molecule has 1 aromatic rings. The summed E-state index contributed by atoms with van der Waals surface area (Å²) in [5.74, 6) is -0.611. The summed E-state index contributed by atoms with van der Waals surface area (Å²) in [6.07, 6.45) is 3.57. The van der Waals surface area contributed by atoms with Crippen LogP contribution >= 0.6 is 0 Å². The summed E-state index contributed by atoms with van der Waals surface area (Å²) < 4.78 is 65.7. The second-order valence-corrected chi connectivity index (χ2v) is 9.83. The van der Waals surface area contributed by atoms with Gasteiger partial charge in [-0.2, -0.15) is 4.31 Å². The van der Waals surface area contributed by atoms with Crippen molar-refractivity contribution in [2.45, 2.75) is 48.7 Å². The van der Waals surface area contributed by atoms with Crippen molar-refractivity contribution in [1.82, 2.24) is 9.03 Å². The summed E-state index contributed by atoms with van der Waals surface area (Å²) in [6, 6.07) is 4.18. The van der Waals surface area contributed by atoms with E-state index < -0.39 is 25.9 Å². The Hall–Kier alpha value is -1.03. The molecular formula is C14H19FN2O4S2. The average molecular weight is 362 g/mol. The SMILES string of the molecule is CS(=O)(=O)N1C2CCC1CC(NS(=O)(=O)c1cccc(F)c1)C2. The molecule has 2 aliphatic rings. The summed E-state index contributed by atoms with van der Waals surface area (Å²) in [4.78, 5) is -0.115. The van der Waals surface area contributed by atoms with Gasteiger partial charge in [0.05, 0.1) is 11.2 Å². The van der Waals surface area contributed by atoms with Gasteiger partial charge in [-0.1, -0.05) is 6.07 Å². The fraction of sp³-hybridized carbons (Fsp3) is 0.571. The zero-order valence-corrected chi connectivity index (χ0v) is 14.3. The van der Waals surface area contributed by atoms with Gasteiger partial charge in [0, 0.05) is 18.1 Å². The lowest BCUT2D eigenvalue weighted by Crippen LogP contribution is -2.51. The van der Waals surface area contributed by atoms with E-state index in [0.717, 1.165) is 18.9 Å². The van der Waals surface area contributed by atoms with Crippen molar-refractivity contribution in [3.63, 3.8) is 0 Å². The minimum atomic E-state index is -3.81. The number of hydrogen-bond acceptors (Lipinski definition) is 4. The van der Waals surface area contributed by atoms with E-state index in [4.69, 9.17) is 0 Å². The monoisotopic (exact) mass is 362 g/mol. The lowest BCUT2D eigenvalue weighted by atomic mass is 10.0. The first-order valence-electron chi connectivity index (χ1n) is 7.43. The Morgan fingerprint density at radius 1 is 1.13 bits per heavy atom. The molecule has 0 amide bonds. The molecule has 2 saturated heterocycles. The third-order valence-corrected chi connectivity index (χ3v) is 7.36. The van der Waals surface area contributed by atoms with E-state index in [1.807, 2.05) is 0 Å². The highest BCUT2D eigenvalue weighted by atomic mass is 32.2. The van der Waals surface area contributed by atoms with Crippen LogP contribution in [0.4, 0.5) is 4.39 Å². The first-order valence-corrected chi connectivity index (χ1v) is 10.8. The number of hydrogen-bond donors (Lipinski definition) is 1. The molecule has 9 heteroatoms. The molecule has 2 unspecified atom stereocenters. The van der Waals surface area contributed by atoms with Crippen molar-refractivity contribution in [2.75, 3.05) is 6.26 Å². The van der Waals surface area contributed by atoms with Crippen molar-refractivity contribution in [2.24, 2.45) is 0 Å². The molecular weight excluding hydrogens is 343 g/mol. The number of rotatable bonds is 4. The predicted octanol–water partition coefficient (Wildman–Crippen LogP) is 1.06. The van der Waals surface area contributed by atoms with Crippen LogP contribution in [0, 0.1) is 5.82 Å². The molecule has 0 aromatic heterocycles. The van der Waals surface area contributed by atoms with Crippen LogP contribution < -0.4 is 4.72 Å². The van der Waals surface area contributed by atoms with E-state index in [1.165, 1.54) is 28.8 Å². The zero-order chi connectivity index (χ0) is 16.8. The van der Waals surface area contributed by atoms with Crippen LogP contribution in [0.25, 0.3) is 0 Å². The molecule has 1 aromatic carbocycles. The second-order valence-electron chi connectivity index (χ2n) is 6.22. The van der Waals surface area contributed by atoms with Crippen LogP contribution in [0.1, 0.15) is 25.7 Å². The lowest BCUT2D eigenvalue weighted by Gasteiger charge is -2.37. The van der Waals surface area contributed by atoms with Crippen LogP contribution in [0.15, 0.2) is 29.2 Å². The molecule has 1 N–H and O–H groups in total. The van der Waals surface area contributed by atoms with Gasteiger partial charge < -0.3 is 0 Å². The highest BCUT2D eigenvalue weighted by Crippen LogP contribution is 2.37. The highest BCUT2D eigenvalue weighted by molar-refractivity contribution is 7.89. The predicted molar refractivity (Wildman–Crippen MR) is 83.2 cm³/mol. The molecule has 2 heterocycles. The van der Waals surface area contributed by atoms with E-state index in [9.17, 15) is 21.2 Å². The summed E-state index contributed by atoms with van der Waals surface area (Å²) >= 11 is 0. The molecule has 0 aliphatic carbocycles. The van der Waals surface area contributed by atoms with Crippen LogP contribution in [-0.2, 0) is 20.0 Å². The van der Waals surface area contributed by atoms with E-state index in [1.54, 1.807) is 0 Å². The minimum Gasteiger partial charge on any atom is -0.212 e. The highest BCUT2D eigenvalue weighted by Gasteiger charge is 2.45. The number of benzene rings is 1. The topological polar surface area (TPSA) is 83.6 Å². The van der Waals surface area contributed by atoms with E-state index in [2.05, 4.69) is 4.72 Å². The molecule has 128 valence electrons. The van der Waals surface area contributed by atoms with Gasteiger partial charge in [-0.3, -0.25) is 0 Å². The Kier molecular flexibility index (Phi) is 4.24. The van der Waals surface area contributed by atoms with Crippen LogP contribution in [0.5, 0.6) is 0 Å². The molecule has 0 saturated carbocycles. The third kappa shape index (κ3) is 3.42. The number of piperidine rings is 1. The second kappa shape index (κ2) is 5.80. The fourth-order valence-corrected chi connectivity index (χ4v) is 6.45. The molecule has 2 atom stereocenters. The maximum atomic E-state index is 13.2. The average Bonchev–Trinajstić information content (AvgIpc) is 2.71. The summed E-state index contributed by atoms with van der Waals surface area (Å²) in [6.45, 7) is 0.